The number of fused-ring (bicyclic) bond motifs is 1. The van der Waals surface area contributed by atoms with E-state index in [4.69, 9.17) is 0 Å². The Morgan fingerprint density at radius 3 is 2.60 bits per heavy atom. The fraction of sp³-hybridized carbons (Fsp3) is 0.500. The van der Waals surface area contributed by atoms with E-state index in [0.717, 1.165) is 17.5 Å². The minimum absolute atomic E-state index is 0.379. The summed E-state index contributed by atoms with van der Waals surface area (Å²) in [6.45, 7) is 4.71. The van der Waals surface area contributed by atoms with Crippen LogP contribution in [-0.2, 0) is 21.2 Å². The highest BCUT2D eigenvalue weighted by atomic mass is 32.2. The molecule has 0 atom stereocenters. The number of anilines is 1. The van der Waals surface area contributed by atoms with E-state index in [1.165, 1.54) is 13.8 Å². The van der Waals surface area contributed by atoms with Gasteiger partial charge in [0.1, 0.15) is 4.75 Å². The van der Waals surface area contributed by atoms with E-state index in [0.29, 0.717) is 19.6 Å². The second-order valence-corrected chi connectivity index (χ2v) is 8.11. The van der Waals surface area contributed by atoms with Crippen LogP contribution in [0.25, 0.3) is 0 Å². The molecule has 1 aliphatic heterocycles. The third kappa shape index (κ3) is 2.58. The lowest BCUT2D eigenvalue weighted by Gasteiger charge is -2.30. The maximum atomic E-state index is 12.7. The number of para-hydroxylation sites is 1. The molecular weight excluding hydrogens is 276 g/mol. The minimum Gasteiger partial charge on any atom is -0.311 e. The van der Waals surface area contributed by atoms with Crippen molar-refractivity contribution in [1.82, 2.24) is 5.32 Å². The van der Waals surface area contributed by atoms with Gasteiger partial charge in [-0.2, -0.15) is 0 Å². The van der Waals surface area contributed by atoms with Crippen molar-refractivity contribution < 1.29 is 13.2 Å². The first-order valence-electron chi connectivity index (χ1n) is 6.55. The summed E-state index contributed by atoms with van der Waals surface area (Å²) in [6.07, 6.45) is 1.10. The second kappa shape index (κ2) is 5.18. The molecule has 1 aliphatic rings. The average Bonchev–Trinajstić information content (AvgIpc) is 2.58. The average molecular weight is 296 g/mol. The van der Waals surface area contributed by atoms with Gasteiger partial charge in [-0.25, -0.2) is 8.42 Å². The molecule has 0 aromatic heterocycles. The van der Waals surface area contributed by atoms with Crippen molar-refractivity contribution in [2.45, 2.75) is 25.1 Å². The molecule has 1 aromatic rings. The van der Waals surface area contributed by atoms with E-state index >= 15 is 0 Å². The van der Waals surface area contributed by atoms with E-state index in [1.54, 1.807) is 4.90 Å². The molecule has 0 unspecified atom stereocenters. The van der Waals surface area contributed by atoms with Gasteiger partial charge in [0.05, 0.1) is 0 Å². The molecule has 5 nitrogen and oxygen atoms in total. The predicted octanol–water partition coefficient (Wildman–Crippen LogP) is 0.946. The molecule has 0 saturated carbocycles. The van der Waals surface area contributed by atoms with E-state index in [1.807, 2.05) is 24.3 Å². The smallest absolute Gasteiger partial charge is 0.247 e. The van der Waals surface area contributed by atoms with Crippen molar-refractivity contribution in [2.75, 3.05) is 24.2 Å². The Balaban J connectivity index is 2.45. The molecule has 0 aliphatic carbocycles. The van der Waals surface area contributed by atoms with E-state index < -0.39 is 14.6 Å². The van der Waals surface area contributed by atoms with Crippen LogP contribution in [0.3, 0.4) is 0 Å². The summed E-state index contributed by atoms with van der Waals surface area (Å²) in [6, 6.07) is 7.58. The minimum atomic E-state index is -3.48. The van der Waals surface area contributed by atoms with Crippen LogP contribution in [0.4, 0.5) is 5.69 Å². The van der Waals surface area contributed by atoms with Gasteiger partial charge in [-0.3, -0.25) is 4.79 Å². The summed E-state index contributed by atoms with van der Waals surface area (Å²) in [5.74, 6) is -0.379. The zero-order valence-electron chi connectivity index (χ0n) is 12.0. The van der Waals surface area contributed by atoms with Crippen molar-refractivity contribution >= 4 is 21.4 Å². The van der Waals surface area contributed by atoms with Crippen LogP contribution in [0.2, 0.25) is 0 Å². The van der Waals surface area contributed by atoms with Crippen molar-refractivity contribution in [1.29, 1.82) is 0 Å². The molecule has 110 valence electrons. The van der Waals surface area contributed by atoms with Gasteiger partial charge in [0.2, 0.25) is 5.91 Å². The monoisotopic (exact) mass is 296 g/mol. The maximum absolute atomic E-state index is 12.7. The fourth-order valence-electron chi connectivity index (χ4n) is 2.15. The van der Waals surface area contributed by atoms with Crippen molar-refractivity contribution in [3.63, 3.8) is 0 Å². The molecule has 1 amide bonds. The predicted molar refractivity (Wildman–Crippen MR) is 79.4 cm³/mol. The number of carbonyl (C=O) groups is 1. The normalized spacial score (nSPS) is 16.4. The summed E-state index contributed by atoms with van der Waals surface area (Å²) >= 11 is 0. The highest BCUT2D eigenvalue weighted by molar-refractivity contribution is 7.92. The second-order valence-electron chi connectivity index (χ2n) is 5.54. The summed E-state index contributed by atoms with van der Waals surface area (Å²) in [7, 11) is -3.48. The fourth-order valence-corrected chi connectivity index (χ4v) is 2.58. The molecule has 1 heterocycles. The Morgan fingerprint density at radius 1 is 1.30 bits per heavy atom. The van der Waals surface area contributed by atoms with Crippen LogP contribution in [0.15, 0.2) is 24.3 Å². The van der Waals surface area contributed by atoms with Gasteiger partial charge in [0.25, 0.3) is 0 Å². The number of nitrogens with one attached hydrogen (secondary N) is 1. The van der Waals surface area contributed by atoms with Crippen LogP contribution in [0.1, 0.15) is 19.4 Å². The lowest BCUT2D eigenvalue weighted by molar-refractivity contribution is -0.120. The summed E-state index contributed by atoms with van der Waals surface area (Å²) < 4.78 is 22.3. The standard InChI is InChI=1S/C14H20N2O3S/c1-14(2,20(3,18)19)13(17)16-9-8-15-10-11-6-4-5-7-12(11)16/h4-7,15H,8-10H2,1-3H3. The SMILES string of the molecule is CC(C)(C(=O)N1CCNCc2ccccc21)S(C)(=O)=O. The van der Waals surface area contributed by atoms with Gasteiger partial charge in [-0.15, -0.1) is 0 Å². The topological polar surface area (TPSA) is 66.5 Å². The van der Waals surface area contributed by atoms with Crippen LogP contribution < -0.4 is 10.2 Å². The van der Waals surface area contributed by atoms with Gasteiger partial charge < -0.3 is 10.2 Å². The molecule has 20 heavy (non-hydrogen) atoms. The van der Waals surface area contributed by atoms with Gasteiger partial charge >= 0.3 is 0 Å². The lowest BCUT2D eigenvalue weighted by atomic mass is 10.1. The molecule has 0 spiro atoms. The maximum Gasteiger partial charge on any atom is 0.247 e. The number of amides is 1. The number of hydrogen-bond acceptors (Lipinski definition) is 4. The Bertz CT molecular complexity index is 623. The Morgan fingerprint density at radius 2 is 1.95 bits per heavy atom. The van der Waals surface area contributed by atoms with Gasteiger partial charge in [0, 0.05) is 31.6 Å². The number of rotatable bonds is 2. The first-order chi connectivity index (χ1) is 9.25. The third-order valence-electron chi connectivity index (χ3n) is 3.80. The third-order valence-corrected chi connectivity index (χ3v) is 5.83. The molecule has 0 radical (unpaired) electrons. The van der Waals surface area contributed by atoms with Crippen molar-refractivity contribution in [3.8, 4) is 0 Å². The number of carbonyl (C=O) groups excluding carboxylic acids is 1. The first-order valence-corrected chi connectivity index (χ1v) is 8.44. The zero-order valence-corrected chi connectivity index (χ0v) is 12.8. The molecule has 0 fully saturated rings. The molecule has 0 bridgehead atoms. The van der Waals surface area contributed by atoms with Crippen molar-refractivity contribution in [3.05, 3.63) is 29.8 Å². The summed E-state index contributed by atoms with van der Waals surface area (Å²) in [5, 5.41) is 3.24. The number of nitrogens with zero attached hydrogens (tertiary/aromatic N) is 1. The number of hydrogen-bond donors (Lipinski definition) is 1. The molecule has 1 aromatic carbocycles. The van der Waals surface area contributed by atoms with Crippen molar-refractivity contribution in [2.24, 2.45) is 0 Å². The van der Waals surface area contributed by atoms with Gasteiger partial charge in [-0.1, -0.05) is 18.2 Å². The highest BCUT2D eigenvalue weighted by Gasteiger charge is 2.42. The summed E-state index contributed by atoms with van der Waals surface area (Å²) in [4.78, 5) is 14.3. The Kier molecular flexibility index (Phi) is 3.88. The van der Waals surface area contributed by atoms with E-state index in [9.17, 15) is 13.2 Å². The Labute approximate surface area is 119 Å². The highest BCUT2D eigenvalue weighted by Crippen LogP contribution is 2.27. The molecule has 0 saturated heterocycles. The molecule has 6 heteroatoms. The van der Waals surface area contributed by atoms with Gasteiger partial charge in [-0.05, 0) is 25.5 Å². The summed E-state index contributed by atoms with van der Waals surface area (Å²) in [5.41, 5.74) is 1.79. The molecular formula is C14H20N2O3S. The van der Waals surface area contributed by atoms with Gasteiger partial charge in [0.15, 0.2) is 9.84 Å². The quantitative estimate of drug-likeness (QED) is 0.882. The van der Waals surface area contributed by atoms with Crippen LogP contribution in [0, 0.1) is 0 Å². The van der Waals surface area contributed by atoms with Crippen LogP contribution in [0.5, 0.6) is 0 Å². The van der Waals surface area contributed by atoms with Crippen LogP contribution in [-0.4, -0.2) is 38.4 Å². The number of sulfone groups is 1. The lowest BCUT2D eigenvalue weighted by Crippen LogP contribution is -2.51. The largest absolute Gasteiger partial charge is 0.311 e. The first kappa shape index (κ1) is 15.0. The van der Waals surface area contributed by atoms with E-state index in [-0.39, 0.29) is 5.91 Å². The molecule has 1 N–H and O–H groups in total. The number of benzene rings is 1. The van der Waals surface area contributed by atoms with Crippen LogP contribution >= 0.6 is 0 Å². The molecule has 2 rings (SSSR count). The van der Waals surface area contributed by atoms with E-state index in [2.05, 4.69) is 5.32 Å². The zero-order chi connectivity index (χ0) is 15.0. The Hall–Kier alpha value is -1.40.